The van der Waals surface area contributed by atoms with E-state index in [2.05, 4.69) is 5.32 Å². The predicted molar refractivity (Wildman–Crippen MR) is 57.8 cm³/mol. The van der Waals surface area contributed by atoms with Crippen LogP contribution in [0.25, 0.3) is 0 Å². The van der Waals surface area contributed by atoms with Crippen molar-refractivity contribution in [3.8, 4) is 11.5 Å². The maximum absolute atomic E-state index is 11.2. The van der Waals surface area contributed by atoms with E-state index in [1.807, 2.05) is 0 Å². The molecule has 0 spiro atoms. The molecule has 5 heteroatoms. The summed E-state index contributed by atoms with van der Waals surface area (Å²) in [5.74, 6) is 1.10. The van der Waals surface area contributed by atoms with Gasteiger partial charge in [-0.05, 0) is 12.1 Å². The van der Waals surface area contributed by atoms with Crippen LogP contribution in [0.15, 0.2) is 18.2 Å². The first-order valence-electron chi connectivity index (χ1n) is 5.10. The van der Waals surface area contributed by atoms with Crippen molar-refractivity contribution in [3.05, 3.63) is 18.2 Å². The zero-order chi connectivity index (χ0) is 11.4. The van der Waals surface area contributed by atoms with E-state index in [1.54, 1.807) is 18.2 Å². The summed E-state index contributed by atoms with van der Waals surface area (Å²) < 4.78 is 10.7. The van der Waals surface area contributed by atoms with Crippen LogP contribution in [0.5, 0.6) is 11.5 Å². The van der Waals surface area contributed by atoms with Crippen LogP contribution >= 0.6 is 0 Å². The van der Waals surface area contributed by atoms with E-state index in [0.29, 0.717) is 30.4 Å². The smallest absolute Gasteiger partial charge is 0.226 e. The normalized spacial score (nSPS) is 13.3. The van der Waals surface area contributed by atoms with Gasteiger partial charge in [-0.3, -0.25) is 4.79 Å². The van der Waals surface area contributed by atoms with E-state index in [9.17, 15) is 4.79 Å². The molecule has 0 aliphatic carbocycles. The van der Waals surface area contributed by atoms with Gasteiger partial charge in [-0.15, -0.1) is 0 Å². The van der Waals surface area contributed by atoms with Crippen LogP contribution in [0.3, 0.4) is 0 Å². The van der Waals surface area contributed by atoms with E-state index in [-0.39, 0.29) is 18.9 Å². The molecule has 1 heterocycles. The molecule has 0 unspecified atom stereocenters. The first-order chi connectivity index (χ1) is 7.79. The number of carbonyl (C=O) groups excluding carboxylic acids is 1. The van der Waals surface area contributed by atoms with Crippen molar-refractivity contribution in [2.24, 2.45) is 0 Å². The molecule has 2 rings (SSSR count). The number of amides is 1. The van der Waals surface area contributed by atoms with E-state index < -0.39 is 0 Å². The van der Waals surface area contributed by atoms with Crippen molar-refractivity contribution in [3.63, 3.8) is 0 Å². The summed E-state index contributed by atoms with van der Waals surface area (Å²) >= 11 is 0. The Morgan fingerprint density at radius 2 is 2.06 bits per heavy atom. The first-order valence-corrected chi connectivity index (χ1v) is 5.10. The third-order valence-corrected chi connectivity index (χ3v) is 2.16. The Bertz CT molecular complexity index is 392. The molecule has 1 aromatic rings. The van der Waals surface area contributed by atoms with Gasteiger partial charge in [0.1, 0.15) is 13.2 Å². The van der Waals surface area contributed by atoms with Crippen molar-refractivity contribution in [1.29, 1.82) is 0 Å². The lowest BCUT2D eigenvalue weighted by molar-refractivity contribution is -0.116. The van der Waals surface area contributed by atoms with Crippen molar-refractivity contribution in [2.75, 3.05) is 25.1 Å². The number of carbonyl (C=O) groups is 1. The van der Waals surface area contributed by atoms with E-state index in [4.69, 9.17) is 14.6 Å². The van der Waals surface area contributed by atoms with Crippen molar-refractivity contribution in [2.45, 2.75) is 6.42 Å². The van der Waals surface area contributed by atoms with Gasteiger partial charge in [-0.1, -0.05) is 0 Å². The van der Waals surface area contributed by atoms with Gasteiger partial charge in [0.25, 0.3) is 0 Å². The van der Waals surface area contributed by atoms with Crippen LogP contribution in [-0.2, 0) is 4.79 Å². The highest BCUT2D eigenvalue weighted by molar-refractivity contribution is 5.91. The molecule has 1 aliphatic heterocycles. The third-order valence-electron chi connectivity index (χ3n) is 2.16. The topological polar surface area (TPSA) is 67.8 Å². The highest BCUT2D eigenvalue weighted by atomic mass is 16.6. The summed E-state index contributed by atoms with van der Waals surface area (Å²) in [5.41, 5.74) is 0.641. The highest BCUT2D eigenvalue weighted by Crippen LogP contribution is 2.32. The number of hydrogen-bond donors (Lipinski definition) is 2. The molecule has 0 saturated heterocycles. The Balaban J connectivity index is 2.08. The van der Waals surface area contributed by atoms with Gasteiger partial charge in [0.15, 0.2) is 11.5 Å². The molecule has 0 saturated carbocycles. The Labute approximate surface area is 93.0 Å². The molecular weight excluding hydrogens is 210 g/mol. The monoisotopic (exact) mass is 223 g/mol. The lowest BCUT2D eigenvalue weighted by Crippen LogP contribution is -2.16. The second-order valence-electron chi connectivity index (χ2n) is 3.38. The van der Waals surface area contributed by atoms with Crippen molar-refractivity contribution >= 4 is 11.6 Å². The summed E-state index contributed by atoms with van der Waals surface area (Å²) in [6.45, 7) is 0.903. The second kappa shape index (κ2) is 4.85. The number of anilines is 1. The second-order valence-corrected chi connectivity index (χ2v) is 3.38. The van der Waals surface area contributed by atoms with Crippen molar-refractivity contribution < 1.29 is 19.4 Å². The molecule has 0 atom stereocenters. The zero-order valence-electron chi connectivity index (χ0n) is 8.73. The van der Waals surface area contributed by atoms with Gasteiger partial charge in [0.2, 0.25) is 5.91 Å². The lowest BCUT2D eigenvalue weighted by Gasteiger charge is -2.18. The summed E-state index contributed by atoms with van der Waals surface area (Å²) in [4.78, 5) is 11.2. The first kappa shape index (κ1) is 10.8. The van der Waals surface area contributed by atoms with Crippen molar-refractivity contribution in [1.82, 2.24) is 0 Å². The molecule has 86 valence electrons. The fraction of sp³-hybridized carbons (Fsp3) is 0.364. The van der Waals surface area contributed by atoms with Crippen LogP contribution in [0.1, 0.15) is 6.42 Å². The van der Waals surface area contributed by atoms with Crippen LogP contribution in [0, 0.1) is 0 Å². The molecule has 1 aromatic carbocycles. The standard InChI is InChI=1S/C11H13NO4/c13-4-3-11(14)12-8-1-2-9-10(7-8)16-6-5-15-9/h1-2,7,13H,3-6H2,(H,12,14). The van der Waals surface area contributed by atoms with Gasteiger partial charge in [-0.2, -0.15) is 0 Å². The molecule has 0 radical (unpaired) electrons. The van der Waals surface area contributed by atoms with Gasteiger partial charge in [-0.25, -0.2) is 0 Å². The zero-order valence-corrected chi connectivity index (χ0v) is 8.73. The SMILES string of the molecule is O=C(CCO)Nc1ccc2c(c1)OCCO2. The van der Waals surface area contributed by atoms with Gasteiger partial charge in [0.05, 0.1) is 13.0 Å². The van der Waals surface area contributed by atoms with Crippen LogP contribution in [0.4, 0.5) is 5.69 Å². The maximum Gasteiger partial charge on any atom is 0.226 e. The molecule has 0 fully saturated rings. The molecule has 0 bridgehead atoms. The minimum atomic E-state index is -0.223. The fourth-order valence-electron chi connectivity index (χ4n) is 1.45. The van der Waals surface area contributed by atoms with E-state index in [0.717, 1.165) is 0 Å². The molecular formula is C11H13NO4. The Morgan fingerprint density at radius 3 is 2.81 bits per heavy atom. The lowest BCUT2D eigenvalue weighted by atomic mass is 10.2. The minimum absolute atomic E-state index is 0.0917. The third kappa shape index (κ3) is 2.43. The Morgan fingerprint density at radius 1 is 1.31 bits per heavy atom. The number of aliphatic hydroxyl groups is 1. The molecule has 16 heavy (non-hydrogen) atoms. The maximum atomic E-state index is 11.2. The molecule has 1 amide bonds. The number of hydrogen-bond acceptors (Lipinski definition) is 4. The predicted octanol–water partition coefficient (Wildman–Crippen LogP) is 0.779. The number of nitrogens with one attached hydrogen (secondary N) is 1. The molecule has 1 aliphatic rings. The molecule has 2 N–H and O–H groups in total. The van der Waals surface area contributed by atoms with E-state index in [1.165, 1.54) is 0 Å². The molecule has 0 aromatic heterocycles. The largest absolute Gasteiger partial charge is 0.486 e. The average molecular weight is 223 g/mol. The summed E-state index contributed by atoms with van der Waals surface area (Å²) in [7, 11) is 0. The summed E-state index contributed by atoms with van der Waals surface area (Å²) in [6.07, 6.45) is 0.0917. The van der Waals surface area contributed by atoms with Gasteiger partial charge < -0.3 is 19.9 Å². The average Bonchev–Trinajstić information content (AvgIpc) is 2.29. The van der Waals surface area contributed by atoms with E-state index >= 15 is 0 Å². The Hall–Kier alpha value is -1.75. The summed E-state index contributed by atoms with van der Waals surface area (Å²) in [6, 6.07) is 5.20. The van der Waals surface area contributed by atoms with Crippen LogP contribution < -0.4 is 14.8 Å². The molecule has 5 nitrogen and oxygen atoms in total. The summed E-state index contributed by atoms with van der Waals surface area (Å²) in [5, 5.41) is 11.3. The minimum Gasteiger partial charge on any atom is -0.486 e. The number of benzene rings is 1. The Kier molecular flexibility index (Phi) is 3.26. The number of rotatable bonds is 3. The fourth-order valence-corrected chi connectivity index (χ4v) is 1.45. The van der Waals surface area contributed by atoms with Crippen LogP contribution in [-0.4, -0.2) is 30.8 Å². The highest BCUT2D eigenvalue weighted by Gasteiger charge is 2.12. The number of fused-ring (bicyclic) bond motifs is 1. The number of ether oxygens (including phenoxy) is 2. The number of aliphatic hydroxyl groups excluding tert-OH is 1. The van der Waals surface area contributed by atoms with Gasteiger partial charge in [0, 0.05) is 11.8 Å². The van der Waals surface area contributed by atoms with Gasteiger partial charge >= 0.3 is 0 Å². The quantitative estimate of drug-likeness (QED) is 0.794. The van der Waals surface area contributed by atoms with Crippen LogP contribution in [0.2, 0.25) is 0 Å².